The van der Waals surface area contributed by atoms with Crippen molar-refractivity contribution in [3.05, 3.63) is 40.6 Å². The molecule has 84 valence electrons. The van der Waals surface area contributed by atoms with Crippen molar-refractivity contribution in [2.45, 2.75) is 18.9 Å². The smallest absolute Gasteiger partial charge is 0.0953 e. The van der Waals surface area contributed by atoms with E-state index in [9.17, 15) is 0 Å². The molecule has 1 aliphatic heterocycles. The molecule has 1 unspecified atom stereocenters. The van der Waals surface area contributed by atoms with Gasteiger partial charge in [0.05, 0.1) is 12.4 Å². The van der Waals surface area contributed by atoms with Crippen LogP contribution >= 0.6 is 11.3 Å². The Bertz CT molecular complexity index is 456. The van der Waals surface area contributed by atoms with Crippen molar-refractivity contribution in [3.63, 3.8) is 0 Å². The van der Waals surface area contributed by atoms with E-state index in [0.29, 0.717) is 12.0 Å². The van der Waals surface area contributed by atoms with E-state index in [1.807, 2.05) is 12.5 Å². The summed E-state index contributed by atoms with van der Waals surface area (Å²) >= 11 is 1.75. The van der Waals surface area contributed by atoms with Gasteiger partial charge in [-0.1, -0.05) is 0 Å². The van der Waals surface area contributed by atoms with Crippen LogP contribution in [0.5, 0.6) is 0 Å². The van der Waals surface area contributed by atoms with Gasteiger partial charge in [-0.25, -0.2) is 4.98 Å². The van der Waals surface area contributed by atoms with Gasteiger partial charge in [0.1, 0.15) is 0 Å². The summed E-state index contributed by atoms with van der Waals surface area (Å²) in [6.45, 7) is 4.41. The van der Waals surface area contributed by atoms with Crippen LogP contribution in [0.25, 0.3) is 0 Å². The van der Waals surface area contributed by atoms with E-state index in [1.54, 1.807) is 11.3 Å². The van der Waals surface area contributed by atoms with Crippen LogP contribution in [0.4, 0.5) is 0 Å². The van der Waals surface area contributed by atoms with Crippen molar-refractivity contribution in [2.24, 2.45) is 0 Å². The molecule has 1 saturated heterocycles. The molecule has 1 aliphatic rings. The maximum atomic E-state index is 4.29. The molecular formula is C12H15N3S. The van der Waals surface area contributed by atoms with Crippen LogP contribution in [0.2, 0.25) is 0 Å². The van der Waals surface area contributed by atoms with E-state index in [0.717, 1.165) is 13.1 Å². The number of thiophene rings is 1. The number of nitrogens with one attached hydrogen (secondary N) is 1. The summed E-state index contributed by atoms with van der Waals surface area (Å²) in [5.74, 6) is 0.642. The van der Waals surface area contributed by atoms with Gasteiger partial charge in [0, 0.05) is 30.9 Å². The molecular weight excluding hydrogens is 218 g/mol. The predicted octanol–water partition coefficient (Wildman–Crippen LogP) is 2.24. The quantitative estimate of drug-likeness (QED) is 0.881. The van der Waals surface area contributed by atoms with Crippen molar-refractivity contribution < 1.29 is 0 Å². The summed E-state index contributed by atoms with van der Waals surface area (Å²) in [5, 5.41) is 7.66. The molecule has 0 aliphatic carbocycles. The van der Waals surface area contributed by atoms with Gasteiger partial charge in [-0.15, -0.1) is 0 Å². The van der Waals surface area contributed by atoms with Crippen LogP contribution in [0.15, 0.2) is 29.4 Å². The van der Waals surface area contributed by atoms with Crippen LogP contribution in [0, 0.1) is 0 Å². The Morgan fingerprint density at radius 2 is 2.44 bits per heavy atom. The maximum Gasteiger partial charge on any atom is 0.0953 e. The van der Waals surface area contributed by atoms with E-state index in [2.05, 4.69) is 38.6 Å². The first-order valence-electron chi connectivity index (χ1n) is 5.61. The number of hydrogen-bond donors (Lipinski definition) is 1. The first kappa shape index (κ1) is 10.1. The van der Waals surface area contributed by atoms with Gasteiger partial charge >= 0.3 is 0 Å². The summed E-state index contributed by atoms with van der Waals surface area (Å²) in [6.07, 6.45) is 3.96. The highest BCUT2D eigenvalue weighted by Gasteiger charge is 2.24. The molecule has 0 spiro atoms. The lowest BCUT2D eigenvalue weighted by molar-refractivity contribution is 0.418. The molecule has 0 saturated carbocycles. The largest absolute Gasteiger partial charge is 0.327 e. The number of aromatic nitrogens is 2. The topological polar surface area (TPSA) is 29.9 Å². The van der Waals surface area contributed by atoms with Crippen molar-refractivity contribution in [1.29, 1.82) is 0 Å². The third-order valence-electron chi connectivity index (χ3n) is 3.34. The van der Waals surface area contributed by atoms with Crippen LogP contribution in [-0.2, 0) is 0 Å². The highest BCUT2D eigenvalue weighted by atomic mass is 32.1. The fraction of sp³-hybridized carbons (Fsp3) is 0.417. The van der Waals surface area contributed by atoms with Gasteiger partial charge in [-0.05, 0) is 29.3 Å². The Morgan fingerprint density at radius 3 is 3.06 bits per heavy atom. The molecule has 0 amide bonds. The Balaban J connectivity index is 1.91. The Labute approximate surface area is 99.1 Å². The molecule has 1 N–H and O–H groups in total. The minimum absolute atomic E-state index is 0.393. The van der Waals surface area contributed by atoms with Gasteiger partial charge in [0.15, 0.2) is 0 Å². The van der Waals surface area contributed by atoms with E-state index in [1.165, 1.54) is 11.3 Å². The Kier molecular flexibility index (Phi) is 2.53. The molecule has 3 heterocycles. The minimum Gasteiger partial charge on any atom is -0.327 e. The fourth-order valence-corrected chi connectivity index (χ4v) is 2.87. The molecule has 2 aromatic rings. The van der Waals surface area contributed by atoms with Gasteiger partial charge < -0.3 is 9.88 Å². The maximum absolute atomic E-state index is 4.29. The average molecular weight is 233 g/mol. The van der Waals surface area contributed by atoms with E-state index in [-0.39, 0.29) is 0 Å². The van der Waals surface area contributed by atoms with Crippen LogP contribution in [-0.4, -0.2) is 22.6 Å². The minimum atomic E-state index is 0.393. The summed E-state index contributed by atoms with van der Waals surface area (Å²) in [5.41, 5.74) is 2.73. The summed E-state index contributed by atoms with van der Waals surface area (Å²) in [6, 6.07) is 2.59. The molecule has 16 heavy (non-hydrogen) atoms. The SMILES string of the molecule is CC(c1ccsc1)n1cncc1C1CNC1. The van der Waals surface area contributed by atoms with Crippen molar-refractivity contribution in [1.82, 2.24) is 14.9 Å². The van der Waals surface area contributed by atoms with E-state index >= 15 is 0 Å². The van der Waals surface area contributed by atoms with Gasteiger partial charge in [0.2, 0.25) is 0 Å². The second-order valence-corrected chi connectivity index (χ2v) is 5.09. The second-order valence-electron chi connectivity index (χ2n) is 4.31. The highest BCUT2D eigenvalue weighted by molar-refractivity contribution is 7.07. The van der Waals surface area contributed by atoms with E-state index < -0.39 is 0 Å². The first-order valence-corrected chi connectivity index (χ1v) is 6.55. The zero-order chi connectivity index (χ0) is 11.0. The summed E-state index contributed by atoms with van der Waals surface area (Å²) < 4.78 is 2.30. The zero-order valence-corrected chi connectivity index (χ0v) is 10.1. The van der Waals surface area contributed by atoms with E-state index in [4.69, 9.17) is 0 Å². The number of imidazole rings is 1. The standard InChI is InChI=1S/C12H15N3S/c1-9(10-2-3-16-7-10)15-8-14-6-12(15)11-4-13-5-11/h2-3,6-9,11,13H,4-5H2,1H3. The predicted molar refractivity (Wildman–Crippen MR) is 66.0 cm³/mol. The molecule has 1 atom stereocenters. The molecule has 0 bridgehead atoms. The highest BCUT2D eigenvalue weighted by Crippen LogP contribution is 2.26. The summed E-state index contributed by atoms with van der Waals surface area (Å²) in [7, 11) is 0. The van der Waals surface area contributed by atoms with Gasteiger partial charge in [-0.3, -0.25) is 0 Å². The fourth-order valence-electron chi connectivity index (χ4n) is 2.13. The van der Waals surface area contributed by atoms with Crippen molar-refractivity contribution in [2.75, 3.05) is 13.1 Å². The molecule has 1 fully saturated rings. The van der Waals surface area contributed by atoms with Gasteiger partial charge in [0.25, 0.3) is 0 Å². The molecule has 0 aromatic carbocycles. The molecule has 2 aromatic heterocycles. The van der Waals surface area contributed by atoms with Crippen LogP contribution < -0.4 is 5.32 Å². The third-order valence-corrected chi connectivity index (χ3v) is 4.04. The van der Waals surface area contributed by atoms with Crippen molar-refractivity contribution in [3.8, 4) is 0 Å². The molecule has 3 rings (SSSR count). The molecule has 0 radical (unpaired) electrons. The lowest BCUT2D eigenvalue weighted by Crippen LogP contribution is -2.41. The van der Waals surface area contributed by atoms with Crippen LogP contribution in [0.3, 0.4) is 0 Å². The normalized spacial score (nSPS) is 18.3. The lowest BCUT2D eigenvalue weighted by Gasteiger charge is -2.29. The molecule has 4 heteroatoms. The number of rotatable bonds is 3. The number of nitrogens with zero attached hydrogens (tertiary/aromatic N) is 2. The summed E-state index contributed by atoms with van der Waals surface area (Å²) in [4.78, 5) is 4.29. The third kappa shape index (κ3) is 1.58. The number of hydrogen-bond acceptors (Lipinski definition) is 3. The second kappa shape index (κ2) is 4.03. The lowest BCUT2D eigenvalue weighted by atomic mass is 9.99. The molecule has 3 nitrogen and oxygen atoms in total. The van der Waals surface area contributed by atoms with Crippen LogP contribution in [0.1, 0.15) is 30.1 Å². The monoisotopic (exact) mass is 233 g/mol. The Hall–Kier alpha value is -1.13. The average Bonchev–Trinajstić information content (AvgIpc) is 2.84. The van der Waals surface area contributed by atoms with Gasteiger partial charge in [-0.2, -0.15) is 11.3 Å². The Morgan fingerprint density at radius 1 is 1.56 bits per heavy atom. The zero-order valence-electron chi connectivity index (χ0n) is 9.26. The van der Waals surface area contributed by atoms with Crippen molar-refractivity contribution >= 4 is 11.3 Å². The first-order chi connectivity index (χ1) is 7.86.